The molecule has 4 heteroatoms. The number of hydrogen-bond donors (Lipinski definition) is 3. The molecule has 0 heterocycles. The fourth-order valence-corrected chi connectivity index (χ4v) is 2.49. The van der Waals surface area contributed by atoms with E-state index in [2.05, 4.69) is 0 Å². The zero-order chi connectivity index (χ0) is 14.5. The van der Waals surface area contributed by atoms with Crippen LogP contribution >= 0.6 is 0 Å². The molecule has 0 saturated carbocycles. The molecule has 0 spiro atoms. The molecule has 1 aliphatic carbocycles. The molecule has 1 unspecified atom stereocenters. The Balaban J connectivity index is 2.61. The lowest BCUT2D eigenvalue weighted by molar-refractivity contribution is -0.148. The quantitative estimate of drug-likeness (QED) is 0.658. The van der Waals surface area contributed by atoms with E-state index in [4.69, 9.17) is 0 Å². The van der Waals surface area contributed by atoms with Gasteiger partial charge < -0.3 is 15.3 Å². The third-order valence-corrected chi connectivity index (χ3v) is 3.80. The number of aliphatic hydroxyl groups excluding tert-OH is 2. The van der Waals surface area contributed by atoms with Crippen molar-refractivity contribution < 1.29 is 20.1 Å². The highest BCUT2D eigenvalue weighted by Crippen LogP contribution is 2.31. The van der Waals surface area contributed by atoms with Crippen LogP contribution in [0.25, 0.3) is 0 Å². The molecule has 1 rings (SSSR count). The van der Waals surface area contributed by atoms with Crippen LogP contribution in [0.2, 0.25) is 0 Å². The van der Waals surface area contributed by atoms with Gasteiger partial charge in [-0.1, -0.05) is 25.3 Å². The van der Waals surface area contributed by atoms with Crippen molar-refractivity contribution in [3.63, 3.8) is 0 Å². The Hall–Kier alpha value is -0.710. The summed E-state index contributed by atoms with van der Waals surface area (Å²) in [5, 5.41) is 29.5. The first-order valence-electron chi connectivity index (χ1n) is 7.22. The summed E-state index contributed by atoms with van der Waals surface area (Å²) in [4.78, 5) is 12.0. The Morgan fingerprint density at radius 2 is 2.16 bits per heavy atom. The van der Waals surface area contributed by atoms with Crippen molar-refractivity contribution in [2.45, 2.75) is 76.6 Å². The number of carbonyl (C=O) groups is 1. The molecule has 0 aromatic carbocycles. The Bertz CT molecular complexity index is 335. The Labute approximate surface area is 115 Å². The van der Waals surface area contributed by atoms with Crippen molar-refractivity contribution in [1.82, 2.24) is 0 Å². The summed E-state index contributed by atoms with van der Waals surface area (Å²) in [7, 11) is 0. The number of rotatable bonds is 7. The van der Waals surface area contributed by atoms with Gasteiger partial charge in [0.05, 0.1) is 12.2 Å². The standard InChI is InChI=1S/C15H26O4/c1-3-4-8-15(19)13(17)9-12(10-14(15)18)7-5-6-11(2)16/h9,11,14,16,18-19H,3-8,10H2,1-2H3/t11?,14-,15-/m1/s1. The van der Waals surface area contributed by atoms with Crippen molar-refractivity contribution >= 4 is 5.78 Å². The predicted octanol–water partition coefficient (Wildman–Crippen LogP) is 1.72. The molecular formula is C15H26O4. The van der Waals surface area contributed by atoms with Gasteiger partial charge in [0.1, 0.15) is 0 Å². The highest BCUT2D eigenvalue weighted by molar-refractivity contribution is 5.99. The molecule has 0 bridgehead atoms. The third-order valence-electron chi connectivity index (χ3n) is 3.80. The largest absolute Gasteiger partial charge is 0.393 e. The van der Waals surface area contributed by atoms with Gasteiger partial charge in [0, 0.05) is 0 Å². The smallest absolute Gasteiger partial charge is 0.189 e. The van der Waals surface area contributed by atoms with Gasteiger partial charge in [0.2, 0.25) is 0 Å². The number of aliphatic hydroxyl groups is 3. The Morgan fingerprint density at radius 1 is 1.47 bits per heavy atom. The zero-order valence-corrected chi connectivity index (χ0v) is 11.9. The third kappa shape index (κ3) is 4.41. The van der Waals surface area contributed by atoms with Crippen LogP contribution in [0.4, 0.5) is 0 Å². The summed E-state index contributed by atoms with van der Waals surface area (Å²) in [6, 6.07) is 0. The van der Waals surface area contributed by atoms with E-state index in [9.17, 15) is 20.1 Å². The van der Waals surface area contributed by atoms with Crippen LogP contribution in [0.15, 0.2) is 11.6 Å². The lowest BCUT2D eigenvalue weighted by atomic mass is 9.77. The molecule has 0 amide bonds. The molecular weight excluding hydrogens is 244 g/mol. The lowest BCUT2D eigenvalue weighted by Crippen LogP contribution is -2.51. The first kappa shape index (κ1) is 16.3. The van der Waals surface area contributed by atoms with Crippen molar-refractivity contribution in [1.29, 1.82) is 0 Å². The lowest BCUT2D eigenvalue weighted by Gasteiger charge is -2.35. The molecule has 1 aliphatic rings. The molecule has 0 aliphatic heterocycles. The van der Waals surface area contributed by atoms with Gasteiger partial charge in [0.15, 0.2) is 11.4 Å². The fraction of sp³-hybridized carbons (Fsp3) is 0.800. The van der Waals surface area contributed by atoms with Crippen molar-refractivity contribution in [3.8, 4) is 0 Å². The number of hydrogen-bond acceptors (Lipinski definition) is 4. The summed E-state index contributed by atoms with van der Waals surface area (Å²) in [6.07, 6.45) is 4.59. The molecule has 4 nitrogen and oxygen atoms in total. The van der Waals surface area contributed by atoms with E-state index in [0.717, 1.165) is 24.8 Å². The minimum absolute atomic E-state index is 0.320. The summed E-state index contributed by atoms with van der Waals surface area (Å²) >= 11 is 0. The summed E-state index contributed by atoms with van der Waals surface area (Å²) < 4.78 is 0. The average Bonchev–Trinajstić information content (AvgIpc) is 2.33. The summed E-state index contributed by atoms with van der Waals surface area (Å²) in [6.45, 7) is 3.72. The maximum atomic E-state index is 12.0. The topological polar surface area (TPSA) is 77.8 Å². The fourth-order valence-electron chi connectivity index (χ4n) is 2.49. The van der Waals surface area contributed by atoms with Crippen molar-refractivity contribution in [2.24, 2.45) is 0 Å². The SMILES string of the molecule is CCCC[C@@]1(O)C(=O)C=C(CCCC(C)O)C[C@H]1O. The number of ketones is 1. The predicted molar refractivity (Wildman–Crippen MR) is 73.7 cm³/mol. The average molecular weight is 270 g/mol. The second-order valence-electron chi connectivity index (χ2n) is 5.66. The van der Waals surface area contributed by atoms with Crippen LogP contribution < -0.4 is 0 Å². The van der Waals surface area contributed by atoms with Gasteiger partial charge in [-0.05, 0) is 45.1 Å². The van der Waals surface area contributed by atoms with Gasteiger partial charge in [-0.2, -0.15) is 0 Å². The van der Waals surface area contributed by atoms with Gasteiger partial charge in [0.25, 0.3) is 0 Å². The van der Waals surface area contributed by atoms with E-state index in [1.807, 2.05) is 6.92 Å². The highest BCUT2D eigenvalue weighted by atomic mass is 16.3. The highest BCUT2D eigenvalue weighted by Gasteiger charge is 2.44. The van der Waals surface area contributed by atoms with Gasteiger partial charge >= 0.3 is 0 Å². The minimum atomic E-state index is -1.59. The van der Waals surface area contributed by atoms with E-state index >= 15 is 0 Å². The van der Waals surface area contributed by atoms with E-state index in [1.165, 1.54) is 6.08 Å². The van der Waals surface area contributed by atoms with E-state index in [-0.39, 0.29) is 11.9 Å². The van der Waals surface area contributed by atoms with Crippen LogP contribution in [0, 0.1) is 0 Å². The van der Waals surface area contributed by atoms with E-state index in [0.29, 0.717) is 25.7 Å². The number of unbranched alkanes of at least 4 members (excludes halogenated alkanes) is 1. The second kappa shape index (κ2) is 7.17. The van der Waals surface area contributed by atoms with Gasteiger partial charge in [-0.3, -0.25) is 4.79 Å². The van der Waals surface area contributed by atoms with Gasteiger partial charge in [-0.25, -0.2) is 0 Å². The molecule has 0 aromatic heterocycles. The van der Waals surface area contributed by atoms with Crippen molar-refractivity contribution in [2.75, 3.05) is 0 Å². The van der Waals surface area contributed by atoms with Gasteiger partial charge in [-0.15, -0.1) is 0 Å². The Kier molecular flexibility index (Phi) is 6.17. The monoisotopic (exact) mass is 270 g/mol. The van der Waals surface area contributed by atoms with E-state index < -0.39 is 11.7 Å². The van der Waals surface area contributed by atoms with Crippen LogP contribution in [0.1, 0.15) is 58.8 Å². The first-order valence-corrected chi connectivity index (χ1v) is 7.22. The molecule has 0 saturated heterocycles. The summed E-state index contributed by atoms with van der Waals surface area (Å²) in [5.74, 6) is -0.369. The van der Waals surface area contributed by atoms with Crippen LogP contribution in [-0.2, 0) is 4.79 Å². The van der Waals surface area contributed by atoms with Crippen molar-refractivity contribution in [3.05, 3.63) is 11.6 Å². The summed E-state index contributed by atoms with van der Waals surface area (Å²) in [5.41, 5.74) is -0.719. The van der Waals surface area contributed by atoms with Crippen LogP contribution in [-0.4, -0.2) is 38.9 Å². The first-order chi connectivity index (χ1) is 8.90. The molecule has 3 atom stereocenters. The molecule has 19 heavy (non-hydrogen) atoms. The molecule has 0 fully saturated rings. The Morgan fingerprint density at radius 3 is 2.68 bits per heavy atom. The molecule has 110 valence electrons. The minimum Gasteiger partial charge on any atom is -0.393 e. The number of carbonyl (C=O) groups excluding carboxylic acids is 1. The van der Waals surface area contributed by atoms with E-state index in [1.54, 1.807) is 6.92 Å². The van der Waals surface area contributed by atoms with Crippen LogP contribution in [0.3, 0.4) is 0 Å². The molecule has 3 N–H and O–H groups in total. The molecule has 0 aromatic rings. The zero-order valence-electron chi connectivity index (χ0n) is 11.9. The van der Waals surface area contributed by atoms with Crippen LogP contribution in [0.5, 0.6) is 0 Å². The molecule has 0 radical (unpaired) electrons. The normalized spacial score (nSPS) is 29.2. The maximum absolute atomic E-state index is 12.0. The second-order valence-corrected chi connectivity index (χ2v) is 5.66. The maximum Gasteiger partial charge on any atom is 0.189 e.